The van der Waals surface area contributed by atoms with Gasteiger partial charge in [-0.25, -0.2) is 0 Å². The molecule has 0 bridgehead atoms. The summed E-state index contributed by atoms with van der Waals surface area (Å²) in [5, 5.41) is 0. The number of nitrogens with two attached hydrogens (primary N) is 1. The zero-order valence-corrected chi connectivity index (χ0v) is 12.8. The minimum absolute atomic E-state index is 0. The third-order valence-electron chi connectivity index (χ3n) is 3.26. The predicted molar refractivity (Wildman–Crippen MR) is 79.7 cm³/mol. The summed E-state index contributed by atoms with van der Waals surface area (Å²) in [5.41, 5.74) is 5.95. The fraction of sp³-hybridized carbons (Fsp3) is 0.500. The van der Waals surface area contributed by atoms with Crippen molar-refractivity contribution in [3.05, 3.63) is 32.7 Å². The van der Waals surface area contributed by atoms with Gasteiger partial charge in [-0.3, -0.25) is 9.59 Å². The first-order valence-electron chi connectivity index (χ1n) is 6.02. The third kappa shape index (κ3) is 3.58. The molecule has 1 fully saturated rings. The Labute approximate surface area is 126 Å². The van der Waals surface area contributed by atoms with Crippen LogP contribution in [0.4, 0.5) is 0 Å². The number of nitrogens with one attached hydrogen (secondary N) is 1. The number of aromatic amines is 1. The topological polar surface area (TPSA) is 79.2 Å². The Kier molecular flexibility index (Phi) is 6.03. The molecule has 7 heteroatoms. The first-order chi connectivity index (χ1) is 8.63. The number of piperidine rings is 1. The number of nitrogens with zero attached hydrogens (tertiary/aromatic N) is 1. The van der Waals surface area contributed by atoms with Crippen LogP contribution in [0.25, 0.3) is 0 Å². The number of rotatable bonds is 2. The molecule has 2 rings (SSSR count). The summed E-state index contributed by atoms with van der Waals surface area (Å²) in [6, 6.07) is 1.67. The van der Waals surface area contributed by atoms with Gasteiger partial charge in [-0.15, -0.1) is 12.4 Å². The van der Waals surface area contributed by atoms with Gasteiger partial charge < -0.3 is 15.6 Å². The van der Waals surface area contributed by atoms with Crippen LogP contribution in [-0.2, 0) is 0 Å². The molecule has 1 aromatic heterocycles. The number of amides is 1. The van der Waals surface area contributed by atoms with Crippen LogP contribution in [0.3, 0.4) is 0 Å². The summed E-state index contributed by atoms with van der Waals surface area (Å²) >= 11 is 3.13. The van der Waals surface area contributed by atoms with Gasteiger partial charge >= 0.3 is 0 Å². The average Bonchev–Trinajstić information content (AvgIpc) is 2.41. The Balaban J connectivity index is 0.00000180. The third-order valence-corrected chi connectivity index (χ3v) is 3.85. The van der Waals surface area contributed by atoms with Crippen LogP contribution in [0, 0.1) is 0 Å². The Morgan fingerprint density at radius 3 is 2.89 bits per heavy atom. The van der Waals surface area contributed by atoms with Gasteiger partial charge in [-0.1, -0.05) is 0 Å². The van der Waals surface area contributed by atoms with Crippen LogP contribution in [-0.4, -0.2) is 34.9 Å². The number of likely N-dealkylation sites (tertiary alicyclic amines) is 1. The van der Waals surface area contributed by atoms with Crippen molar-refractivity contribution in [3.8, 4) is 0 Å². The van der Waals surface area contributed by atoms with Crippen LogP contribution < -0.4 is 11.3 Å². The Bertz CT molecular complexity index is 506. The van der Waals surface area contributed by atoms with Gasteiger partial charge in [0.05, 0.1) is 10.0 Å². The minimum atomic E-state index is -0.236. The first kappa shape index (κ1) is 16.2. The predicted octanol–water partition coefficient (Wildman–Crippen LogP) is 1.51. The van der Waals surface area contributed by atoms with E-state index in [1.165, 1.54) is 6.20 Å². The van der Waals surface area contributed by atoms with Crippen molar-refractivity contribution in [1.29, 1.82) is 0 Å². The molecular formula is C12H17BrClN3O2. The molecule has 1 amide bonds. The van der Waals surface area contributed by atoms with Crippen molar-refractivity contribution in [3.63, 3.8) is 0 Å². The van der Waals surface area contributed by atoms with Gasteiger partial charge in [0, 0.05) is 25.3 Å². The zero-order valence-electron chi connectivity index (χ0n) is 10.4. The molecule has 1 saturated heterocycles. The van der Waals surface area contributed by atoms with E-state index in [1.807, 2.05) is 4.90 Å². The molecule has 0 aliphatic carbocycles. The summed E-state index contributed by atoms with van der Waals surface area (Å²) in [6.07, 6.45) is 4.53. The Hall–Kier alpha value is -0.850. The minimum Gasteiger partial charge on any atom is -0.334 e. The number of hydrogen-bond acceptors (Lipinski definition) is 3. The van der Waals surface area contributed by atoms with Crippen LogP contribution in [0.15, 0.2) is 21.5 Å². The SMILES string of the molecule is Cl.NCC1CCCCN1C(=O)c1c[nH]c(=O)c(Br)c1. The van der Waals surface area contributed by atoms with Crippen LogP contribution in [0.2, 0.25) is 0 Å². The number of halogens is 2. The molecule has 1 atom stereocenters. The highest BCUT2D eigenvalue weighted by Crippen LogP contribution is 2.19. The fourth-order valence-corrected chi connectivity index (χ4v) is 2.62. The normalized spacial score (nSPS) is 18.8. The Morgan fingerprint density at radius 2 is 2.26 bits per heavy atom. The van der Waals surface area contributed by atoms with Gasteiger partial charge in [0.1, 0.15) is 0 Å². The molecule has 1 aliphatic heterocycles. The van der Waals surface area contributed by atoms with Gasteiger partial charge in [0.2, 0.25) is 0 Å². The number of aromatic nitrogens is 1. The van der Waals surface area contributed by atoms with E-state index in [2.05, 4.69) is 20.9 Å². The molecule has 5 nitrogen and oxygen atoms in total. The lowest BCUT2D eigenvalue weighted by molar-refractivity contribution is 0.0623. The highest BCUT2D eigenvalue weighted by Gasteiger charge is 2.26. The van der Waals surface area contributed by atoms with E-state index in [1.54, 1.807) is 6.07 Å². The average molecular weight is 351 g/mol. The lowest BCUT2D eigenvalue weighted by atomic mass is 10.0. The molecule has 0 aromatic carbocycles. The molecule has 0 radical (unpaired) electrons. The van der Waals surface area contributed by atoms with Crippen molar-refractivity contribution in [2.45, 2.75) is 25.3 Å². The first-order valence-corrected chi connectivity index (χ1v) is 6.82. The molecule has 0 saturated carbocycles. The molecular weight excluding hydrogens is 334 g/mol. The monoisotopic (exact) mass is 349 g/mol. The quantitative estimate of drug-likeness (QED) is 0.848. The van der Waals surface area contributed by atoms with Gasteiger partial charge in [0.15, 0.2) is 0 Å². The number of H-pyrrole nitrogens is 1. The summed E-state index contributed by atoms with van der Waals surface area (Å²) in [7, 11) is 0. The second-order valence-corrected chi connectivity index (χ2v) is 5.30. The summed E-state index contributed by atoms with van der Waals surface area (Å²) in [4.78, 5) is 28.0. The number of carbonyl (C=O) groups is 1. The highest BCUT2D eigenvalue weighted by molar-refractivity contribution is 9.10. The van der Waals surface area contributed by atoms with E-state index < -0.39 is 0 Å². The molecule has 1 aliphatic rings. The van der Waals surface area contributed by atoms with Crippen LogP contribution in [0.5, 0.6) is 0 Å². The van der Waals surface area contributed by atoms with Crippen molar-refractivity contribution >= 4 is 34.2 Å². The standard InChI is InChI=1S/C12H16BrN3O2.ClH/c13-10-5-8(7-15-11(10)17)12(18)16-4-2-1-3-9(16)6-14;/h5,7,9H,1-4,6,14H2,(H,15,17);1H. The maximum absolute atomic E-state index is 12.4. The largest absolute Gasteiger partial charge is 0.334 e. The lowest BCUT2D eigenvalue weighted by Crippen LogP contribution is -2.47. The van der Waals surface area contributed by atoms with Crippen molar-refractivity contribution in [2.24, 2.45) is 5.73 Å². The Morgan fingerprint density at radius 1 is 1.53 bits per heavy atom. The van der Waals surface area contributed by atoms with Crippen molar-refractivity contribution in [2.75, 3.05) is 13.1 Å². The van der Waals surface area contributed by atoms with E-state index in [4.69, 9.17) is 5.73 Å². The highest BCUT2D eigenvalue weighted by atomic mass is 79.9. The van der Waals surface area contributed by atoms with Gasteiger partial charge in [-0.2, -0.15) is 0 Å². The van der Waals surface area contributed by atoms with E-state index in [0.29, 0.717) is 16.6 Å². The van der Waals surface area contributed by atoms with Crippen molar-refractivity contribution in [1.82, 2.24) is 9.88 Å². The smallest absolute Gasteiger partial charge is 0.262 e. The fourth-order valence-electron chi connectivity index (χ4n) is 2.26. The zero-order chi connectivity index (χ0) is 13.1. The van der Waals surface area contributed by atoms with E-state index >= 15 is 0 Å². The number of carbonyl (C=O) groups excluding carboxylic acids is 1. The number of pyridine rings is 1. The maximum Gasteiger partial charge on any atom is 0.262 e. The van der Waals surface area contributed by atoms with Crippen molar-refractivity contribution < 1.29 is 4.79 Å². The van der Waals surface area contributed by atoms with Gasteiger partial charge in [0.25, 0.3) is 11.5 Å². The second kappa shape index (κ2) is 7.07. The van der Waals surface area contributed by atoms with Gasteiger partial charge in [-0.05, 0) is 41.3 Å². The second-order valence-electron chi connectivity index (χ2n) is 4.45. The maximum atomic E-state index is 12.4. The molecule has 2 heterocycles. The lowest BCUT2D eigenvalue weighted by Gasteiger charge is -2.35. The molecule has 106 valence electrons. The molecule has 3 N–H and O–H groups in total. The molecule has 0 spiro atoms. The molecule has 1 aromatic rings. The van der Waals surface area contributed by atoms with Crippen LogP contribution >= 0.6 is 28.3 Å². The van der Waals surface area contributed by atoms with Crippen LogP contribution in [0.1, 0.15) is 29.6 Å². The molecule has 19 heavy (non-hydrogen) atoms. The van der Waals surface area contributed by atoms with E-state index in [0.717, 1.165) is 25.8 Å². The summed E-state index contributed by atoms with van der Waals surface area (Å²) in [5.74, 6) is -0.0675. The van der Waals surface area contributed by atoms with E-state index in [-0.39, 0.29) is 29.9 Å². The molecule has 1 unspecified atom stereocenters. The summed E-state index contributed by atoms with van der Waals surface area (Å²) < 4.78 is 0.370. The summed E-state index contributed by atoms with van der Waals surface area (Å²) in [6.45, 7) is 1.22. The number of hydrogen-bond donors (Lipinski definition) is 2. The van der Waals surface area contributed by atoms with E-state index in [9.17, 15) is 9.59 Å².